The van der Waals surface area contributed by atoms with E-state index in [1.807, 2.05) is 50.4 Å². The van der Waals surface area contributed by atoms with Gasteiger partial charge in [0.25, 0.3) is 0 Å². The van der Waals surface area contributed by atoms with Gasteiger partial charge in [-0.05, 0) is 66.7 Å². The average Bonchev–Trinajstić information content (AvgIpc) is 3.42. The van der Waals surface area contributed by atoms with E-state index in [1.54, 1.807) is 12.4 Å². The van der Waals surface area contributed by atoms with Gasteiger partial charge in [-0.1, -0.05) is 26.0 Å². The van der Waals surface area contributed by atoms with Gasteiger partial charge in [-0.3, -0.25) is 9.97 Å². The van der Waals surface area contributed by atoms with E-state index in [-0.39, 0.29) is 0 Å². The molecule has 0 atom stereocenters. The summed E-state index contributed by atoms with van der Waals surface area (Å²) < 4.78 is 0. The first kappa shape index (κ1) is 26.0. The Morgan fingerprint density at radius 3 is 2.38 bits per heavy atom. The van der Waals surface area contributed by atoms with E-state index in [2.05, 4.69) is 84.3 Å². The Morgan fingerprint density at radius 2 is 1.57 bits per heavy atom. The lowest BCUT2D eigenvalue weighted by molar-refractivity contribution is 0.121. The van der Waals surface area contributed by atoms with Crippen molar-refractivity contribution in [3.63, 3.8) is 0 Å². The molecule has 2 aliphatic heterocycles. The number of aromatic nitrogens is 4. The standard InChI is InChI=1S/C32H28N8.C2H6/c1-2-21(31-38-29-6-4-24(15-30(29)39-31)36-22-8-11-33-12-9-22)14-23(3-1)37-28-10-13-35-27-7-5-25(16-26(27)28)40-19-32(20-40)17-34-18-32;1-2/h1-16,34H,17-20H2,(H,33,36)(H,35,37)(H,38,39);1-2H3. The number of hydrogen-bond donors (Lipinski definition) is 4. The van der Waals surface area contributed by atoms with Gasteiger partial charge in [-0.15, -0.1) is 0 Å². The number of nitrogens with zero attached hydrogens (tertiary/aromatic N) is 4. The van der Waals surface area contributed by atoms with E-state index in [0.29, 0.717) is 5.41 Å². The van der Waals surface area contributed by atoms with Gasteiger partial charge >= 0.3 is 0 Å². The van der Waals surface area contributed by atoms with E-state index < -0.39 is 0 Å². The van der Waals surface area contributed by atoms with Gasteiger partial charge in [0.15, 0.2) is 0 Å². The monoisotopic (exact) mass is 554 g/mol. The Balaban J connectivity index is 0.00000141. The Morgan fingerprint density at radius 1 is 0.762 bits per heavy atom. The Kier molecular flexibility index (Phi) is 6.68. The third kappa shape index (κ3) is 4.90. The summed E-state index contributed by atoms with van der Waals surface area (Å²) in [6.07, 6.45) is 5.42. The predicted molar refractivity (Wildman–Crippen MR) is 173 cm³/mol. The second-order valence-electron chi connectivity index (χ2n) is 10.9. The first-order valence-corrected chi connectivity index (χ1v) is 14.6. The van der Waals surface area contributed by atoms with E-state index in [9.17, 15) is 0 Å². The Bertz CT molecular complexity index is 1850. The zero-order valence-electron chi connectivity index (χ0n) is 23.9. The molecule has 0 aliphatic carbocycles. The molecule has 0 saturated carbocycles. The van der Waals surface area contributed by atoms with Crippen LogP contribution in [0.5, 0.6) is 0 Å². The highest BCUT2D eigenvalue weighted by Crippen LogP contribution is 2.39. The number of anilines is 5. The van der Waals surface area contributed by atoms with Crippen molar-refractivity contribution in [2.45, 2.75) is 13.8 Å². The highest BCUT2D eigenvalue weighted by Gasteiger charge is 2.47. The predicted octanol–water partition coefficient (Wildman–Crippen LogP) is 7.10. The van der Waals surface area contributed by atoms with Gasteiger partial charge in [0, 0.05) is 89.6 Å². The quantitative estimate of drug-likeness (QED) is 0.175. The molecule has 8 nitrogen and oxygen atoms in total. The molecule has 0 amide bonds. The summed E-state index contributed by atoms with van der Waals surface area (Å²) in [7, 11) is 0. The van der Waals surface area contributed by atoms with Gasteiger partial charge in [0.05, 0.1) is 16.6 Å². The number of H-pyrrole nitrogens is 1. The van der Waals surface area contributed by atoms with E-state index >= 15 is 0 Å². The number of pyridine rings is 2. The third-order valence-electron chi connectivity index (χ3n) is 8.01. The third-order valence-corrected chi connectivity index (χ3v) is 8.01. The largest absolute Gasteiger partial charge is 0.370 e. The normalized spacial score (nSPS) is 15.0. The Hall–Kier alpha value is -4.95. The number of fused-ring (bicyclic) bond motifs is 2. The molecular formula is C34H34N8. The number of imidazole rings is 1. The molecule has 4 N–H and O–H groups in total. The maximum absolute atomic E-state index is 4.86. The minimum Gasteiger partial charge on any atom is -0.370 e. The molecule has 2 fully saturated rings. The van der Waals surface area contributed by atoms with Gasteiger partial charge in [0.2, 0.25) is 0 Å². The molecule has 3 aromatic heterocycles. The number of aromatic amines is 1. The van der Waals surface area contributed by atoms with Gasteiger partial charge in [-0.2, -0.15) is 0 Å². The summed E-state index contributed by atoms with van der Waals surface area (Å²) >= 11 is 0. The van der Waals surface area contributed by atoms with Crippen LogP contribution in [-0.2, 0) is 0 Å². The maximum atomic E-state index is 4.86. The van der Waals surface area contributed by atoms with E-state index in [1.165, 1.54) is 5.69 Å². The van der Waals surface area contributed by atoms with Crippen LogP contribution in [0.25, 0.3) is 33.3 Å². The first-order chi connectivity index (χ1) is 20.7. The summed E-state index contributed by atoms with van der Waals surface area (Å²) in [6, 6.07) is 27.0. The average molecular weight is 555 g/mol. The van der Waals surface area contributed by atoms with Crippen molar-refractivity contribution >= 4 is 50.4 Å². The van der Waals surface area contributed by atoms with Crippen LogP contribution in [0.3, 0.4) is 0 Å². The smallest absolute Gasteiger partial charge is 0.138 e. The molecule has 8 heteroatoms. The highest BCUT2D eigenvalue weighted by molar-refractivity contribution is 5.95. The Labute approximate surface area is 245 Å². The number of benzene rings is 3. The molecule has 1 spiro atoms. The van der Waals surface area contributed by atoms with Crippen LogP contribution in [0.15, 0.2) is 97.5 Å². The molecule has 0 bridgehead atoms. The maximum Gasteiger partial charge on any atom is 0.138 e. The van der Waals surface area contributed by atoms with Crippen LogP contribution in [0.2, 0.25) is 0 Å². The van der Waals surface area contributed by atoms with Crippen LogP contribution in [0.1, 0.15) is 13.8 Å². The molecule has 0 radical (unpaired) electrons. The van der Waals surface area contributed by atoms with Gasteiger partial charge in [-0.25, -0.2) is 4.98 Å². The lowest BCUT2D eigenvalue weighted by Gasteiger charge is -2.57. The van der Waals surface area contributed by atoms with Crippen molar-refractivity contribution in [1.29, 1.82) is 0 Å². The van der Waals surface area contributed by atoms with E-state index in [4.69, 9.17) is 4.98 Å². The van der Waals surface area contributed by atoms with Crippen LogP contribution < -0.4 is 20.9 Å². The van der Waals surface area contributed by atoms with Crippen molar-refractivity contribution in [3.8, 4) is 11.4 Å². The minimum absolute atomic E-state index is 0.486. The van der Waals surface area contributed by atoms with Crippen LogP contribution >= 0.6 is 0 Å². The second kappa shape index (κ2) is 10.8. The summed E-state index contributed by atoms with van der Waals surface area (Å²) in [5, 5.41) is 11.6. The van der Waals surface area contributed by atoms with Crippen LogP contribution in [0.4, 0.5) is 28.4 Å². The van der Waals surface area contributed by atoms with Crippen molar-refractivity contribution < 1.29 is 0 Å². The summed E-state index contributed by atoms with van der Waals surface area (Å²) in [6.45, 7) is 8.51. The molecule has 0 unspecified atom stereocenters. The fourth-order valence-corrected chi connectivity index (χ4v) is 5.81. The lowest BCUT2D eigenvalue weighted by Crippen LogP contribution is -2.71. The fourth-order valence-electron chi connectivity index (χ4n) is 5.81. The second-order valence-corrected chi connectivity index (χ2v) is 10.9. The van der Waals surface area contributed by atoms with Gasteiger partial charge < -0.3 is 25.8 Å². The van der Waals surface area contributed by atoms with Crippen molar-refractivity contribution in [2.75, 3.05) is 41.7 Å². The highest BCUT2D eigenvalue weighted by atomic mass is 15.3. The van der Waals surface area contributed by atoms with Crippen molar-refractivity contribution in [3.05, 3.63) is 97.5 Å². The van der Waals surface area contributed by atoms with Crippen LogP contribution in [0, 0.1) is 5.41 Å². The minimum atomic E-state index is 0.486. The van der Waals surface area contributed by atoms with E-state index in [0.717, 1.165) is 82.3 Å². The fraction of sp³-hybridized carbons (Fsp3) is 0.206. The number of nitrogens with one attached hydrogen (secondary N) is 4. The summed E-state index contributed by atoms with van der Waals surface area (Å²) in [4.78, 5) is 19.5. The van der Waals surface area contributed by atoms with Crippen molar-refractivity contribution in [1.82, 2.24) is 25.3 Å². The molecule has 6 aromatic rings. The summed E-state index contributed by atoms with van der Waals surface area (Å²) in [5.41, 5.74) is 9.68. The van der Waals surface area contributed by atoms with Crippen molar-refractivity contribution in [2.24, 2.45) is 5.41 Å². The topological polar surface area (TPSA) is 93.8 Å². The molecular weight excluding hydrogens is 520 g/mol. The molecule has 8 rings (SSSR count). The molecule has 210 valence electrons. The number of rotatable bonds is 6. The molecule has 5 heterocycles. The molecule has 42 heavy (non-hydrogen) atoms. The molecule has 2 saturated heterocycles. The molecule has 2 aliphatic rings. The first-order valence-electron chi connectivity index (χ1n) is 14.6. The lowest BCUT2D eigenvalue weighted by atomic mass is 9.74. The summed E-state index contributed by atoms with van der Waals surface area (Å²) in [5.74, 6) is 0.832. The molecule has 3 aromatic carbocycles. The van der Waals surface area contributed by atoms with Gasteiger partial charge in [0.1, 0.15) is 5.82 Å². The zero-order valence-corrected chi connectivity index (χ0v) is 23.9. The SMILES string of the molecule is CC.c1cc(Nc2ccnc3ccc(N4CC5(CNC5)C4)cc23)cc(-c2nc3ccc(Nc4ccncc4)cc3[nH]2)c1. The number of hydrogen-bond acceptors (Lipinski definition) is 7. The zero-order chi connectivity index (χ0) is 28.5. The van der Waals surface area contributed by atoms with Crippen LogP contribution in [-0.4, -0.2) is 46.1 Å².